The van der Waals surface area contributed by atoms with Crippen molar-refractivity contribution in [2.75, 3.05) is 5.73 Å². The minimum Gasteiger partial charge on any atom is -0.398 e. The first-order valence-electron chi connectivity index (χ1n) is 5.32. The SMILES string of the molecule is Nc1cc(F)c(F)cc1-c1n[nH]c(C2CC2)n1. The predicted octanol–water partition coefficient (Wildman–Crippen LogP) is 2.21. The Morgan fingerprint density at radius 1 is 1.24 bits per heavy atom. The zero-order valence-electron chi connectivity index (χ0n) is 8.87. The van der Waals surface area contributed by atoms with Crippen LogP contribution in [0.5, 0.6) is 0 Å². The van der Waals surface area contributed by atoms with E-state index >= 15 is 0 Å². The van der Waals surface area contributed by atoms with Gasteiger partial charge in [-0.3, -0.25) is 5.10 Å². The number of nitrogens with one attached hydrogen (secondary N) is 1. The monoisotopic (exact) mass is 236 g/mol. The van der Waals surface area contributed by atoms with Crippen LogP contribution in [0.25, 0.3) is 11.4 Å². The van der Waals surface area contributed by atoms with Gasteiger partial charge >= 0.3 is 0 Å². The van der Waals surface area contributed by atoms with Crippen LogP contribution in [0.15, 0.2) is 12.1 Å². The largest absolute Gasteiger partial charge is 0.398 e. The molecule has 0 saturated heterocycles. The number of benzene rings is 1. The third kappa shape index (κ3) is 1.75. The van der Waals surface area contributed by atoms with Gasteiger partial charge in [0.25, 0.3) is 0 Å². The van der Waals surface area contributed by atoms with E-state index in [4.69, 9.17) is 5.73 Å². The van der Waals surface area contributed by atoms with E-state index in [-0.39, 0.29) is 5.69 Å². The van der Waals surface area contributed by atoms with Crippen LogP contribution in [0, 0.1) is 11.6 Å². The van der Waals surface area contributed by atoms with Crippen LogP contribution in [-0.2, 0) is 0 Å². The van der Waals surface area contributed by atoms with Gasteiger partial charge in [-0.2, -0.15) is 5.10 Å². The van der Waals surface area contributed by atoms with Crippen molar-refractivity contribution in [3.8, 4) is 11.4 Å². The molecule has 1 aromatic carbocycles. The van der Waals surface area contributed by atoms with Crippen molar-refractivity contribution in [3.63, 3.8) is 0 Å². The summed E-state index contributed by atoms with van der Waals surface area (Å²) < 4.78 is 26.0. The first-order chi connectivity index (χ1) is 8.15. The molecule has 0 aliphatic heterocycles. The Labute approximate surface area is 95.9 Å². The number of aromatic amines is 1. The van der Waals surface area contributed by atoms with E-state index in [2.05, 4.69) is 15.2 Å². The summed E-state index contributed by atoms with van der Waals surface area (Å²) in [5.74, 6) is -0.411. The Bertz CT molecular complexity index is 575. The average Bonchev–Trinajstić information content (AvgIpc) is 3.03. The van der Waals surface area contributed by atoms with Crippen LogP contribution >= 0.6 is 0 Å². The van der Waals surface area contributed by atoms with Crippen LogP contribution in [0.3, 0.4) is 0 Å². The maximum Gasteiger partial charge on any atom is 0.183 e. The van der Waals surface area contributed by atoms with Crippen molar-refractivity contribution in [2.45, 2.75) is 18.8 Å². The number of nitrogens with zero attached hydrogens (tertiary/aromatic N) is 2. The molecule has 3 N–H and O–H groups in total. The fraction of sp³-hybridized carbons (Fsp3) is 0.273. The van der Waals surface area contributed by atoms with Gasteiger partial charge in [-0.1, -0.05) is 0 Å². The quantitative estimate of drug-likeness (QED) is 0.785. The van der Waals surface area contributed by atoms with E-state index in [0.29, 0.717) is 17.3 Å². The van der Waals surface area contributed by atoms with Crippen molar-refractivity contribution in [1.82, 2.24) is 15.2 Å². The maximum atomic E-state index is 13.1. The zero-order chi connectivity index (χ0) is 12.0. The van der Waals surface area contributed by atoms with E-state index in [1.165, 1.54) is 0 Å². The van der Waals surface area contributed by atoms with Gasteiger partial charge in [0.05, 0.1) is 0 Å². The molecule has 1 heterocycles. The summed E-state index contributed by atoms with van der Waals surface area (Å²) in [5.41, 5.74) is 6.06. The highest BCUT2D eigenvalue weighted by molar-refractivity contribution is 5.71. The van der Waals surface area contributed by atoms with E-state index in [9.17, 15) is 8.78 Å². The molecular formula is C11H10F2N4. The minimum absolute atomic E-state index is 0.130. The van der Waals surface area contributed by atoms with Crippen LogP contribution in [0.1, 0.15) is 24.6 Å². The zero-order valence-corrected chi connectivity index (χ0v) is 8.87. The molecule has 0 amide bonds. The van der Waals surface area contributed by atoms with Crippen molar-refractivity contribution in [1.29, 1.82) is 0 Å². The summed E-state index contributed by atoms with van der Waals surface area (Å²) in [6.45, 7) is 0. The molecule has 0 atom stereocenters. The number of halogens is 2. The molecule has 0 radical (unpaired) electrons. The molecule has 1 aromatic heterocycles. The van der Waals surface area contributed by atoms with Crippen molar-refractivity contribution < 1.29 is 8.78 Å². The summed E-state index contributed by atoms with van der Waals surface area (Å²) in [7, 11) is 0. The highest BCUT2D eigenvalue weighted by atomic mass is 19.2. The van der Waals surface area contributed by atoms with Gasteiger partial charge < -0.3 is 5.73 Å². The lowest BCUT2D eigenvalue weighted by Crippen LogP contribution is -1.95. The summed E-state index contributed by atoms with van der Waals surface area (Å²) in [6.07, 6.45) is 2.17. The average molecular weight is 236 g/mol. The second kappa shape index (κ2) is 3.51. The van der Waals surface area contributed by atoms with Gasteiger partial charge in [-0.05, 0) is 18.9 Å². The van der Waals surface area contributed by atoms with Crippen molar-refractivity contribution >= 4 is 5.69 Å². The number of hydrogen-bond acceptors (Lipinski definition) is 3. The van der Waals surface area contributed by atoms with Gasteiger partial charge in [0, 0.05) is 23.2 Å². The molecule has 88 valence electrons. The van der Waals surface area contributed by atoms with Gasteiger partial charge in [0.1, 0.15) is 5.82 Å². The Morgan fingerprint density at radius 2 is 1.94 bits per heavy atom. The standard InChI is InChI=1S/C11H10F2N4/c12-7-3-6(9(14)4-8(7)13)11-15-10(16-17-11)5-1-2-5/h3-5H,1-2,14H2,(H,15,16,17). The minimum atomic E-state index is -0.968. The van der Waals surface area contributed by atoms with Crippen molar-refractivity contribution in [2.24, 2.45) is 0 Å². The number of anilines is 1. The molecule has 0 unspecified atom stereocenters. The highest BCUT2D eigenvalue weighted by Gasteiger charge is 2.27. The Hall–Kier alpha value is -1.98. The number of nitrogens with two attached hydrogens (primary N) is 1. The van der Waals surface area contributed by atoms with Crippen LogP contribution in [-0.4, -0.2) is 15.2 Å². The second-order valence-corrected chi connectivity index (χ2v) is 4.17. The lowest BCUT2D eigenvalue weighted by atomic mass is 10.1. The number of H-pyrrole nitrogens is 1. The molecule has 1 saturated carbocycles. The lowest BCUT2D eigenvalue weighted by Gasteiger charge is -2.02. The number of aromatic nitrogens is 3. The topological polar surface area (TPSA) is 67.6 Å². The smallest absolute Gasteiger partial charge is 0.183 e. The number of nitrogen functional groups attached to an aromatic ring is 1. The molecular weight excluding hydrogens is 226 g/mol. The second-order valence-electron chi connectivity index (χ2n) is 4.17. The summed E-state index contributed by atoms with van der Waals surface area (Å²) in [6, 6.07) is 1.96. The third-order valence-corrected chi connectivity index (χ3v) is 2.80. The predicted molar refractivity (Wildman–Crippen MR) is 58.1 cm³/mol. The van der Waals surface area contributed by atoms with Gasteiger partial charge in [0.15, 0.2) is 17.5 Å². The first-order valence-corrected chi connectivity index (χ1v) is 5.32. The van der Waals surface area contributed by atoms with Crippen LogP contribution in [0.4, 0.5) is 14.5 Å². The molecule has 1 fully saturated rings. The summed E-state index contributed by atoms with van der Waals surface area (Å²) >= 11 is 0. The molecule has 4 nitrogen and oxygen atoms in total. The molecule has 1 aliphatic carbocycles. The molecule has 1 aliphatic rings. The lowest BCUT2D eigenvalue weighted by molar-refractivity contribution is 0.509. The van der Waals surface area contributed by atoms with E-state index < -0.39 is 11.6 Å². The molecule has 17 heavy (non-hydrogen) atoms. The highest BCUT2D eigenvalue weighted by Crippen LogP contribution is 2.38. The Balaban J connectivity index is 2.04. The maximum absolute atomic E-state index is 13.1. The fourth-order valence-electron chi connectivity index (χ4n) is 1.69. The third-order valence-electron chi connectivity index (χ3n) is 2.80. The van der Waals surface area contributed by atoms with Crippen molar-refractivity contribution in [3.05, 3.63) is 29.6 Å². The number of rotatable bonds is 2. The van der Waals surface area contributed by atoms with Gasteiger partial charge in [-0.25, -0.2) is 13.8 Å². The molecule has 0 bridgehead atoms. The summed E-state index contributed by atoms with van der Waals surface area (Å²) in [5, 5.41) is 6.77. The van der Waals surface area contributed by atoms with Gasteiger partial charge in [-0.15, -0.1) is 0 Å². The molecule has 6 heteroatoms. The summed E-state index contributed by atoms with van der Waals surface area (Å²) in [4.78, 5) is 4.24. The number of hydrogen-bond donors (Lipinski definition) is 2. The van der Waals surface area contributed by atoms with E-state index in [1.54, 1.807) is 0 Å². The molecule has 2 aromatic rings. The molecule has 0 spiro atoms. The van der Waals surface area contributed by atoms with E-state index in [0.717, 1.165) is 30.8 Å². The van der Waals surface area contributed by atoms with Crippen LogP contribution in [0.2, 0.25) is 0 Å². The van der Waals surface area contributed by atoms with E-state index in [1.807, 2.05) is 0 Å². The normalized spacial score (nSPS) is 15.2. The Kier molecular flexibility index (Phi) is 2.10. The van der Waals surface area contributed by atoms with Gasteiger partial charge in [0.2, 0.25) is 0 Å². The molecule has 3 rings (SSSR count). The Morgan fingerprint density at radius 3 is 2.65 bits per heavy atom. The fourth-order valence-corrected chi connectivity index (χ4v) is 1.69. The van der Waals surface area contributed by atoms with Crippen LogP contribution < -0.4 is 5.73 Å². The first kappa shape index (κ1) is 10.2.